The Balaban J connectivity index is 1.54. The Morgan fingerprint density at radius 1 is 1.19 bits per heavy atom. The fourth-order valence-electron chi connectivity index (χ4n) is 2.58. The number of aryl methyl sites for hydroxylation is 1. The van der Waals surface area contributed by atoms with E-state index < -0.39 is 0 Å². The van der Waals surface area contributed by atoms with E-state index in [1.165, 1.54) is 11.3 Å². The molecule has 27 heavy (non-hydrogen) atoms. The number of nitrogens with zero attached hydrogens (tertiary/aromatic N) is 3. The molecule has 2 aromatic carbocycles. The third-order valence-corrected chi connectivity index (χ3v) is 5.16. The Morgan fingerprint density at radius 3 is 2.81 bits per heavy atom. The molecule has 4 rings (SSSR count). The van der Waals surface area contributed by atoms with E-state index >= 15 is 0 Å². The fraction of sp³-hybridized carbons (Fsp3) is 0.0500. The Bertz CT molecular complexity index is 1100. The molecule has 1 amide bonds. The molecule has 0 atom stereocenters. The van der Waals surface area contributed by atoms with Crippen molar-refractivity contribution in [1.29, 1.82) is 0 Å². The summed E-state index contributed by atoms with van der Waals surface area (Å²) in [4.78, 5) is 17.0. The van der Waals surface area contributed by atoms with E-state index in [-0.39, 0.29) is 5.91 Å². The van der Waals surface area contributed by atoms with Crippen LogP contribution >= 0.6 is 22.9 Å². The highest BCUT2D eigenvalue weighted by molar-refractivity contribution is 7.13. The van der Waals surface area contributed by atoms with Crippen LogP contribution in [0.5, 0.6) is 0 Å². The molecule has 2 heterocycles. The van der Waals surface area contributed by atoms with Gasteiger partial charge in [-0.25, -0.2) is 9.67 Å². The van der Waals surface area contributed by atoms with Gasteiger partial charge in [-0.2, -0.15) is 5.10 Å². The van der Waals surface area contributed by atoms with E-state index in [4.69, 9.17) is 11.6 Å². The van der Waals surface area contributed by atoms with Crippen molar-refractivity contribution in [3.05, 3.63) is 82.6 Å². The number of amides is 1. The predicted molar refractivity (Wildman–Crippen MR) is 109 cm³/mol. The van der Waals surface area contributed by atoms with E-state index in [1.54, 1.807) is 28.4 Å². The number of anilines is 1. The maximum Gasteiger partial charge on any atom is 0.275 e. The third-order valence-electron chi connectivity index (χ3n) is 4.03. The standard InChI is InChI=1S/C20H15ClN4OS/c1-13-7-8-15(21)9-17(13)23-19(26)18-12-27-20(24-18)14-10-22-25(11-14)16-5-3-2-4-6-16/h2-12H,1H3,(H,23,26). The highest BCUT2D eigenvalue weighted by Gasteiger charge is 2.14. The molecule has 0 bridgehead atoms. The fourth-order valence-corrected chi connectivity index (χ4v) is 3.53. The van der Waals surface area contributed by atoms with Crippen molar-refractivity contribution in [1.82, 2.24) is 14.8 Å². The van der Waals surface area contributed by atoms with Crippen molar-refractivity contribution in [3.8, 4) is 16.3 Å². The number of nitrogens with one attached hydrogen (secondary N) is 1. The molecule has 2 aromatic heterocycles. The van der Waals surface area contributed by atoms with Gasteiger partial charge in [0, 0.05) is 27.9 Å². The molecule has 0 radical (unpaired) electrons. The van der Waals surface area contributed by atoms with Crippen molar-refractivity contribution in [2.75, 3.05) is 5.32 Å². The number of benzene rings is 2. The summed E-state index contributed by atoms with van der Waals surface area (Å²) in [6.07, 6.45) is 3.64. The van der Waals surface area contributed by atoms with E-state index in [0.717, 1.165) is 21.8 Å². The maximum absolute atomic E-state index is 12.5. The van der Waals surface area contributed by atoms with Gasteiger partial charge in [0.05, 0.1) is 11.9 Å². The lowest BCUT2D eigenvalue weighted by atomic mass is 10.2. The van der Waals surface area contributed by atoms with Crippen molar-refractivity contribution in [2.45, 2.75) is 6.92 Å². The highest BCUT2D eigenvalue weighted by atomic mass is 35.5. The van der Waals surface area contributed by atoms with Crippen LogP contribution in [0.1, 0.15) is 16.1 Å². The van der Waals surface area contributed by atoms with Crippen LogP contribution in [-0.2, 0) is 0 Å². The first-order chi connectivity index (χ1) is 13.1. The predicted octanol–water partition coefficient (Wildman–Crippen LogP) is 5.21. The maximum atomic E-state index is 12.5. The minimum atomic E-state index is -0.265. The molecule has 0 fully saturated rings. The van der Waals surface area contributed by atoms with Crippen molar-refractivity contribution >= 4 is 34.5 Å². The van der Waals surface area contributed by atoms with Gasteiger partial charge in [0.2, 0.25) is 0 Å². The summed E-state index contributed by atoms with van der Waals surface area (Å²) in [7, 11) is 0. The van der Waals surface area contributed by atoms with Gasteiger partial charge in [-0.3, -0.25) is 4.79 Å². The number of rotatable bonds is 4. The Morgan fingerprint density at radius 2 is 2.00 bits per heavy atom. The molecule has 0 aliphatic carbocycles. The van der Waals surface area contributed by atoms with Crippen LogP contribution in [0.2, 0.25) is 5.02 Å². The van der Waals surface area contributed by atoms with E-state index in [1.807, 2.05) is 49.5 Å². The second kappa shape index (κ2) is 7.34. The number of carbonyl (C=O) groups excluding carboxylic acids is 1. The molecule has 0 spiro atoms. The van der Waals surface area contributed by atoms with Gasteiger partial charge in [-0.05, 0) is 36.8 Å². The molecule has 0 aliphatic heterocycles. The molecular formula is C20H15ClN4OS. The van der Waals surface area contributed by atoms with Crippen LogP contribution in [0, 0.1) is 6.92 Å². The zero-order valence-corrected chi connectivity index (χ0v) is 16.0. The van der Waals surface area contributed by atoms with Crippen LogP contribution in [-0.4, -0.2) is 20.7 Å². The normalized spacial score (nSPS) is 10.7. The summed E-state index contributed by atoms with van der Waals surface area (Å²) in [6, 6.07) is 15.2. The van der Waals surface area contributed by atoms with Gasteiger partial charge in [0.15, 0.2) is 0 Å². The van der Waals surface area contributed by atoms with Crippen LogP contribution < -0.4 is 5.32 Å². The summed E-state index contributed by atoms with van der Waals surface area (Å²) in [5.41, 5.74) is 3.81. The minimum Gasteiger partial charge on any atom is -0.320 e. The number of carbonyl (C=O) groups is 1. The van der Waals surface area contributed by atoms with Crippen LogP contribution in [0.15, 0.2) is 66.3 Å². The molecular weight excluding hydrogens is 380 g/mol. The average Bonchev–Trinajstić information content (AvgIpc) is 3.35. The van der Waals surface area contributed by atoms with E-state index in [0.29, 0.717) is 16.4 Å². The van der Waals surface area contributed by atoms with Crippen LogP contribution in [0.25, 0.3) is 16.3 Å². The zero-order chi connectivity index (χ0) is 18.8. The van der Waals surface area contributed by atoms with Gasteiger partial charge >= 0.3 is 0 Å². The van der Waals surface area contributed by atoms with Crippen LogP contribution in [0.4, 0.5) is 5.69 Å². The quantitative estimate of drug-likeness (QED) is 0.516. The lowest BCUT2D eigenvalue weighted by Gasteiger charge is -2.07. The monoisotopic (exact) mass is 394 g/mol. The van der Waals surface area contributed by atoms with Crippen molar-refractivity contribution in [3.63, 3.8) is 0 Å². The molecule has 0 aliphatic rings. The summed E-state index contributed by atoms with van der Waals surface area (Å²) < 4.78 is 1.78. The van der Waals surface area contributed by atoms with Gasteiger partial charge in [-0.1, -0.05) is 35.9 Å². The van der Waals surface area contributed by atoms with Gasteiger partial charge in [0.25, 0.3) is 5.91 Å². The summed E-state index contributed by atoms with van der Waals surface area (Å²) in [6.45, 7) is 1.91. The van der Waals surface area contributed by atoms with E-state index in [2.05, 4.69) is 15.4 Å². The largest absolute Gasteiger partial charge is 0.320 e. The van der Waals surface area contributed by atoms with Gasteiger partial charge in [0.1, 0.15) is 10.7 Å². The number of thiazole rings is 1. The number of aromatic nitrogens is 3. The summed E-state index contributed by atoms with van der Waals surface area (Å²) in [5, 5.41) is 10.3. The first-order valence-corrected chi connectivity index (χ1v) is 9.49. The molecule has 5 nitrogen and oxygen atoms in total. The molecule has 1 N–H and O–H groups in total. The lowest BCUT2D eigenvalue weighted by molar-refractivity contribution is 0.102. The first kappa shape index (κ1) is 17.5. The molecule has 134 valence electrons. The second-order valence-electron chi connectivity index (χ2n) is 5.96. The third kappa shape index (κ3) is 3.77. The topological polar surface area (TPSA) is 59.8 Å². The molecule has 0 saturated carbocycles. The summed E-state index contributed by atoms with van der Waals surface area (Å²) >= 11 is 7.42. The Labute approximate surface area is 165 Å². The lowest BCUT2D eigenvalue weighted by Crippen LogP contribution is -2.13. The Kier molecular flexibility index (Phi) is 4.75. The van der Waals surface area contributed by atoms with E-state index in [9.17, 15) is 4.79 Å². The molecule has 0 saturated heterocycles. The smallest absolute Gasteiger partial charge is 0.275 e. The summed E-state index contributed by atoms with van der Waals surface area (Å²) in [5.74, 6) is -0.265. The number of halogens is 1. The highest BCUT2D eigenvalue weighted by Crippen LogP contribution is 2.25. The SMILES string of the molecule is Cc1ccc(Cl)cc1NC(=O)c1csc(-c2cnn(-c3ccccc3)c2)n1. The molecule has 7 heteroatoms. The Hall–Kier alpha value is -2.96. The molecule has 4 aromatic rings. The van der Waals surface area contributed by atoms with Crippen LogP contribution in [0.3, 0.4) is 0 Å². The second-order valence-corrected chi connectivity index (χ2v) is 7.25. The average molecular weight is 395 g/mol. The number of para-hydroxylation sites is 1. The minimum absolute atomic E-state index is 0.265. The first-order valence-electron chi connectivity index (χ1n) is 8.23. The van der Waals surface area contributed by atoms with Gasteiger partial charge in [-0.15, -0.1) is 11.3 Å². The van der Waals surface area contributed by atoms with Crippen molar-refractivity contribution in [2.24, 2.45) is 0 Å². The van der Waals surface area contributed by atoms with Gasteiger partial charge < -0.3 is 5.32 Å². The number of hydrogen-bond donors (Lipinski definition) is 1. The molecule has 0 unspecified atom stereocenters. The zero-order valence-electron chi connectivity index (χ0n) is 14.4. The number of hydrogen-bond acceptors (Lipinski definition) is 4. The van der Waals surface area contributed by atoms with Crippen molar-refractivity contribution < 1.29 is 4.79 Å².